The van der Waals surface area contributed by atoms with Crippen molar-refractivity contribution in [3.05, 3.63) is 23.7 Å². The quantitative estimate of drug-likeness (QED) is 0.871. The van der Waals surface area contributed by atoms with Gasteiger partial charge in [0.25, 0.3) is 0 Å². The Balaban J connectivity index is 1.91. The van der Waals surface area contributed by atoms with E-state index in [1.54, 1.807) is 0 Å². The van der Waals surface area contributed by atoms with E-state index >= 15 is 0 Å². The van der Waals surface area contributed by atoms with Crippen LogP contribution in [0.3, 0.4) is 0 Å². The largest absolute Gasteiger partial charge is 0.468 e. The van der Waals surface area contributed by atoms with Gasteiger partial charge in [-0.2, -0.15) is 0 Å². The van der Waals surface area contributed by atoms with E-state index in [9.17, 15) is 0 Å². The van der Waals surface area contributed by atoms with Gasteiger partial charge in [-0.05, 0) is 52.8 Å². The van der Waals surface area contributed by atoms with Gasteiger partial charge in [-0.15, -0.1) is 0 Å². The van der Waals surface area contributed by atoms with E-state index in [1.165, 1.54) is 31.5 Å². The SMILES string of the molecule is CC(C)(C)NCc1occc1CN1CCCC1. The van der Waals surface area contributed by atoms with Gasteiger partial charge in [0.15, 0.2) is 0 Å². The average Bonchev–Trinajstić information content (AvgIpc) is 2.86. The summed E-state index contributed by atoms with van der Waals surface area (Å²) in [6.07, 6.45) is 4.49. The molecule has 1 fully saturated rings. The monoisotopic (exact) mass is 236 g/mol. The van der Waals surface area contributed by atoms with Crippen molar-refractivity contribution in [3.63, 3.8) is 0 Å². The fourth-order valence-electron chi connectivity index (χ4n) is 2.19. The molecule has 0 spiro atoms. The van der Waals surface area contributed by atoms with Gasteiger partial charge in [-0.25, -0.2) is 0 Å². The molecule has 0 radical (unpaired) electrons. The fraction of sp³-hybridized carbons (Fsp3) is 0.714. The third-order valence-corrected chi connectivity index (χ3v) is 3.21. The molecule has 0 saturated carbocycles. The number of furan rings is 1. The molecule has 0 aliphatic carbocycles. The van der Waals surface area contributed by atoms with E-state index in [4.69, 9.17) is 4.42 Å². The highest BCUT2D eigenvalue weighted by Crippen LogP contribution is 2.17. The average molecular weight is 236 g/mol. The van der Waals surface area contributed by atoms with E-state index in [1.807, 2.05) is 6.26 Å². The first-order valence-corrected chi connectivity index (χ1v) is 6.57. The molecule has 3 heteroatoms. The van der Waals surface area contributed by atoms with Crippen LogP contribution in [0.4, 0.5) is 0 Å². The molecule has 3 nitrogen and oxygen atoms in total. The van der Waals surface area contributed by atoms with Gasteiger partial charge >= 0.3 is 0 Å². The van der Waals surface area contributed by atoms with E-state index in [-0.39, 0.29) is 5.54 Å². The van der Waals surface area contributed by atoms with Crippen molar-refractivity contribution in [2.75, 3.05) is 13.1 Å². The highest BCUT2D eigenvalue weighted by Gasteiger charge is 2.16. The van der Waals surface area contributed by atoms with Crippen LogP contribution in [0.1, 0.15) is 44.9 Å². The minimum atomic E-state index is 0.137. The summed E-state index contributed by atoms with van der Waals surface area (Å²) in [5.74, 6) is 1.09. The summed E-state index contributed by atoms with van der Waals surface area (Å²) in [5, 5.41) is 3.48. The Hall–Kier alpha value is -0.800. The Morgan fingerprint density at radius 3 is 2.65 bits per heavy atom. The van der Waals surface area contributed by atoms with Crippen molar-refractivity contribution in [2.45, 2.75) is 52.2 Å². The number of rotatable bonds is 4. The first-order chi connectivity index (χ1) is 8.04. The molecule has 1 aliphatic heterocycles. The van der Waals surface area contributed by atoms with Crippen LogP contribution < -0.4 is 5.32 Å². The normalized spacial score (nSPS) is 17.8. The molecule has 1 aliphatic rings. The maximum Gasteiger partial charge on any atom is 0.122 e. The van der Waals surface area contributed by atoms with E-state index < -0.39 is 0 Å². The number of hydrogen-bond acceptors (Lipinski definition) is 3. The first-order valence-electron chi connectivity index (χ1n) is 6.57. The molecule has 0 amide bonds. The summed E-state index contributed by atoms with van der Waals surface area (Å²) < 4.78 is 5.58. The topological polar surface area (TPSA) is 28.4 Å². The van der Waals surface area contributed by atoms with Crippen LogP contribution in [0.5, 0.6) is 0 Å². The number of hydrogen-bond donors (Lipinski definition) is 1. The van der Waals surface area contributed by atoms with Crippen molar-refractivity contribution < 1.29 is 4.42 Å². The van der Waals surface area contributed by atoms with Crippen LogP contribution in [0.25, 0.3) is 0 Å². The lowest BCUT2D eigenvalue weighted by Gasteiger charge is -2.20. The third-order valence-electron chi connectivity index (χ3n) is 3.21. The van der Waals surface area contributed by atoms with Gasteiger partial charge in [-0.3, -0.25) is 4.90 Å². The van der Waals surface area contributed by atoms with Crippen LogP contribution in [0.15, 0.2) is 16.7 Å². The molecular formula is C14H24N2O. The molecule has 2 rings (SSSR count). The molecular weight excluding hydrogens is 212 g/mol. The lowest BCUT2D eigenvalue weighted by atomic mass is 10.1. The van der Waals surface area contributed by atoms with E-state index in [0.717, 1.165) is 18.8 Å². The second-order valence-corrected chi connectivity index (χ2v) is 5.96. The third kappa shape index (κ3) is 3.86. The van der Waals surface area contributed by atoms with Crippen LogP contribution in [0.2, 0.25) is 0 Å². The van der Waals surface area contributed by atoms with Crippen molar-refractivity contribution in [1.29, 1.82) is 0 Å². The number of nitrogens with zero attached hydrogens (tertiary/aromatic N) is 1. The Bertz CT molecular complexity index is 345. The Kier molecular flexibility index (Phi) is 3.89. The zero-order chi connectivity index (χ0) is 12.3. The second kappa shape index (κ2) is 5.23. The Morgan fingerprint density at radius 1 is 1.29 bits per heavy atom. The molecule has 1 saturated heterocycles. The lowest BCUT2D eigenvalue weighted by Crippen LogP contribution is -2.35. The summed E-state index contributed by atoms with van der Waals surface area (Å²) in [6.45, 7) is 10.9. The van der Waals surface area contributed by atoms with Crippen molar-refractivity contribution >= 4 is 0 Å². The minimum Gasteiger partial charge on any atom is -0.468 e. The van der Waals surface area contributed by atoms with Crippen molar-refractivity contribution in [2.24, 2.45) is 0 Å². The maximum absolute atomic E-state index is 5.58. The van der Waals surface area contributed by atoms with Gasteiger partial charge < -0.3 is 9.73 Å². The number of nitrogens with one attached hydrogen (secondary N) is 1. The summed E-state index contributed by atoms with van der Waals surface area (Å²) in [4.78, 5) is 2.51. The van der Waals surface area contributed by atoms with E-state index in [2.05, 4.69) is 37.1 Å². The minimum absolute atomic E-state index is 0.137. The summed E-state index contributed by atoms with van der Waals surface area (Å²) >= 11 is 0. The predicted molar refractivity (Wildman–Crippen MR) is 69.8 cm³/mol. The molecule has 96 valence electrons. The van der Waals surface area contributed by atoms with Gasteiger partial charge in [0, 0.05) is 17.6 Å². The number of likely N-dealkylation sites (tertiary alicyclic amines) is 1. The summed E-state index contributed by atoms with van der Waals surface area (Å²) in [6, 6.07) is 2.11. The molecule has 17 heavy (non-hydrogen) atoms. The van der Waals surface area contributed by atoms with Gasteiger partial charge in [0.2, 0.25) is 0 Å². The fourth-order valence-corrected chi connectivity index (χ4v) is 2.19. The first kappa shape index (κ1) is 12.7. The van der Waals surface area contributed by atoms with Crippen molar-refractivity contribution in [1.82, 2.24) is 10.2 Å². The lowest BCUT2D eigenvalue weighted by molar-refractivity contribution is 0.323. The molecule has 1 aromatic heterocycles. The molecule has 2 heterocycles. The molecule has 0 bridgehead atoms. The smallest absolute Gasteiger partial charge is 0.122 e. The predicted octanol–water partition coefficient (Wildman–Crippen LogP) is 2.76. The highest BCUT2D eigenvalue weighted by molar-refractivity contribution is 5.17. The molecule has 0 aromatic carbocycles. The summed E-state index contributed by atoms with van der Waals surface area (Å²) in [7, 11) is 0. The molecule has 1 aromatic rings. The zero-order valence-electron chi connectivity index (χ0n) is 11.3. The van der Waals surface area contributed by atoms with Crippen molar-refractivity contribution in [3.8, 4) is 0 Å². The van der Waals surface area contributed by atoms with Gasteiger partial charge in [0.1, 0.15) is 5.76 Å². The standard InChI is InChI=1S/C14H24N2O/c1-14(2,3)15-10-13-12(6-9-17-13)11-16-7-4-5-8-16/h6,9,15H,4-5,7-8,10-11H2,1-3H3. The molecule has 1 N–H and O–H groups in total. The van der Waals surface area contributed by atoms with Gasteiger partial charge in [-0.1, -0.05) is 0 Å². The van der Waals surface area contributed by atoms with Gasteiger partial charge in [0.05, 0.1) is 12.8 Å². The Morgan fingerprint density at radius 2 is 2.00 bits per heavy atom. The molecule has 0 atom stereocenters. The second-order valence-electron chi connectivity index (χ2n) is 5.96. The maximum atomic E-state index is 5.58. The molecule has 0 unspecified atom stereocenters. The van der Waals surface area contributed by atoms with E-state index in [0.29, 0.717) is 0 Å². The highest BCUT2D eigenvalue weighted by atomic mass is 16.3. The van der Waals surface area contributed by atoms with Crippen LogP contribution in [0, 0.1) is 0 Å². The van der Waals surface area contributed by atoms with Crippen LogP contribution in [-0.2, 0) is 13.1 Å². The summed E-state index contributed by atoms with van der Waals surface area (Å²) in [5.41, 5.74) is 1.47. The van der Waals surface area contributed by atoms with Crippen LogP contribution >= 0.6 is 0 Å². The zero-order valence-corrected chi connectivity index (χ0v) is 11.3. The Labute approximate surface area is 104 Å². The van der Waals surface area contributed by atoms with Crippen LogP contribution in [-0.4, -0.2) is 23.5 Å².